The van der Waals surface area contributed by atoms with Crippen LogP contribution in [0.15, 0.2) is 23.1 Å². The number of rotatable bonds is 8. The molecule has 0 saturated carbocycles. The highest BCUT2D eigenvalue weighted by Gasteiger charge is 2.18. The van der Waals surface area contributed by atoms with Gasteiger partial charge < -0.3 is 4.74 Å². The van der Waals surface area contributed by atoms with Gasteiger partial charge in [0.15, 0.2) is 0 Å². The highest BCUT2D eigenvalue weighted by molar-refractivity contribution is 7.89. The van der Waals surface area contributed by atoms with E-state index in [2.05, 4.69) is 6.92 Å². The van der Waals surface area contributed by atoms with Crippen LogP contribution in [0.5, 0.6) is 0 Å². The van der Waals surface area contributed by atoms with Crippen LogP contribution in [0.4, 0.5) is 4.39 Å². The van der Waals surface area contributed by atoms with E-state index in [1.165, 1.54) is 6.07 Å². The predicted molar refractivity (Wildman–Crippen MR) is 76.8 cm³/mol. The van der Waals surface area contributed by atoms with Crippen molar-refractivity contribution in [3.05, 3.63) is 29.6 Å². The van der Waals surface area contributed by atoms with Crippen LogP contribution in [-0.4, -0.2) is 21.0 Å². The van der Waals surface area contributed by atoms with Gasteiger partial charge in [-0.05, 0) is 24.6 Å². The van der Waals surface area contributed by atoms with Gasteiger partial charge in [-0.1, -0.05) is 32.6 Å². The molecule has 5 nitrogen and oxygen atoms in total. The second-order valence-corrected chi connectivity index (χ2v) is 6.27. The molecule has 0 bridgehead atoms. The first-order chi connectivity index (χ1) is 9.86. The van der Waals surface area contributed by atoms with E-state index in [4.69, 9.17) is 9.88 Å². The molecule has 7 heteroatoms. The van der Waals surface area contributed by atoms with E-state index in [1.54, 1.807) is 0 Å². The molecule has 0 unspecified atom stereocenters. The van der Waals surface area contributed by atoms with Crippen molar-refractivity contribution in [1.82, 2.24) is 0 Å². The molecule has 0 saturated heterocycles. The van der Waals surface area contributed by atoms with Gasteiger partial charge in [0.25, 0.3) is 0 Å². The standard InChI is InChI=1S/C14H20FNO4S/c1-2-3-4-5-6-9-20-14(17)11-7-8-12(15)13(10-11)21(16,18)19/h7-8,10H,2-6,9H2,1H3,(H2,16,18,19). The van der Waals surface area contributed by atoms with E-state index < -0.39 is 26.7 Å². The van der Waals surface area contributed by atoms with Crippen LogP contribution < -0.4 is 5.14 Å². The van der Waals surface area contributed by atoms with Crippen molar-refractivity contribution >= 4 is 16.0 Å². The van der Waals surface area contributed by atoms with E-state index >= 15 is 0 Å². The number of benzene rings is 1. The largest absolute Gasteiger partial charge is 0.462 e. The van der Waals surface area contributed by atoms with Crippen LogP contribution in [0.3, 0.4) is 0 Å². The molecule has 1 aromatic carbocycles. The Morgan fingerprint density at radius 3 is 2.52 bits per heavy atom. The molecular weight excluding hydrogens is 297 g/mol. The Labute approximate surface area is 124 Å². The first-order valence-corrected chi connectivity index (χ1v) is 8.40. The summed E-state index contributed by atoms with van der Waals surface area (Å²) in [7, 11) is -4.21. The third-order valence-corrected chi connectivity index (χ3v) is 3.88. The summed E-state index contributed by atoms with van der Waals surface area (Å²) in [4.78, 5) is 11.0. The molecule has 21 heavy (non-hydrogen) atoms. The van der Waals surface area contributed by atoms with Crippen molar-refractivity contribution in [2.75, 3.05) is 6.61 Å². The second kappa shape index (κ2) is 8.09. The molecule has 0 heterocycles. The van der Waals surface area contributed by atoms with Gasteiger partial charge in [0.2, 0.25) is 10.0 Å². The van der Waals surface area contributed by atoms with Crippen molar-refractivity contribution in [3.63, 3.8) is 0 Å². The summed E-state index contributed by atoms with van der Waals surface area (Å²) in [5, 5.41) is 4.87. The minimum absolute atomic E-state index is 0.0333. The maximum atomic E-state index is 13.3. The molecule has 0 radical (unpaired) electrons. The number of carbonyl (C=O) groups excluding carboxylic acids is 1. The van der Waals surface area contributed by atoms with Crippen LogP contribution in [0.25, 0.3) is 0 Å². The number of unbranched alkanes of at least 4 members (excludes halogenated alkanes) is 4. The zero-order valence-electron chi connectivity index (χ0n) is 12.0. The highest BCUT2D eigenvalue weighted by Crippen LogP contribution is 2.16. The minimum Gasteiger partial charge on any atom is -0.462 e. The molecule has 0 aliphatic heterocycles. The van der Waals surface area contributed by atoms with E-state index in [0.717, 1.165) is 44.2 Å². The topological polar surface area (TPSA) is 86.5 Å². The number of halogens is 1. The van der Waals surface area contributed by atoms with Crippen molar-refractivity contribution in [3.8, 4) is 0 Å². The average Bonchev–Trinajstić information content (AvgIpc) is 2.41. The molecule has 0 aromatic heterocycles. The molecule has 0 aliphatic rings. The van der Waals surface area contributed by atoms with Crippen molar-refractivity contribution in [2.24, 2.45) is 5.14 Å². The number of hydrogen-bond acceptors (Lipinski definition) is 4. The summed E-state index contributed by atoms with van der Waals surface area (Å²) in [6.45, 7) is 2.36. The molecule has 0 fully saturated rings. The first-order valence-electron chi connectivity index (χ1n) is 6.85. The van der Waals surface area contributed by atoms with E-state index in [9.17, 15) is 17.6 Å². The highest BCUT2D eigenvalue weighted by atomic mass is 32.2. The Balaban J connectivity index is 2.59. The van der Waals surface area contributed by atoms with Gasteiger partial charge in [-0.2, -0.15) is 0 Å². The maximum absolute atomic E-state index is 13.3. The zero-order chi connectivity index (χ0) is 15.9. The van der Waals surface area contributed by atoms with Crippen LogP contribution in [0.1, 0.15) is 49.4 Å². The fraction of sp³-hybridized carbons (Fsp3) is 0.500. The predicted octanol–water partition coefficient (Wildman–Crippen LogP) is 2.60. The molecule has 0 amide bonds. The molecule has 118 valence electrons. The van der Waals surface area contributed by atoms with Crippen LogP contribution in [-0.2, 0) is 14.8 Å². The number of sulfonamides is 1. The number of ether oxygens (including phenoxy) is 1. The second-order valence-electron chi connectivity index (χ2n) is 4.74. The lowest BCUT2D eigenvalue weighted by Gasteiger charge is -2.06. The summed E-state index contributed by atoms with van der Waals surface area (Å²) in [6, 6.07) is 2.95. The molecule has 0 spiro atoms. The summed E-state index contributed by atoms with van der Waals surface area (Å²) in [6.07, 6.45) is 5.07. The lowest BCUT2D eigenvalue weighted by molar-refractivity contribution is 0.0497. The molecule has 1 aromatic rings. The van der Waals surface area contributed by atoms with Crippen molar-refractivity contribution in [1.29, 1.82) is 0 Å². The molecule has 1 rings (SSSR count). The summed E-state index contributed by atoms with van der Waals surface area (Å²) in [5.41, 5.74) is -0.0333. The molecule has 2 N–H and O–H groups in total. The van der Waals surface area contributed by atoms with Crippen molar-refractivity contribution in [2.45, 2.75) is 43.9 Å². The van der Waals surface area contributed by atoms with Gasteiger partial charge in [0.05, 0.1) is 12.2 Å². The zero-order valence-corrected chi connectivity index (χ0v) is 12.8. The number of hydrogen-bond donors (Lipinski definition) is 1. The minimum atomic E-state index is -4.21. The number of nitrogens with two attached hydrogens (primary N) is 1. The lowest BCUT2D eigenvalue weighted by atomic mass is 10.2. The van der Waals surface area contributed by atoms with Gasteiger partial charge in [-0.3, -0.25) is 0 Å². The van der Waals surface area contributed by atoms with Gasteiger partial charge in [0, 0.05) is 0 Å². The van der Waals surface area contributed by atoms with E-state index in [-0.39, 0.29) is 12.2 Å². The third kappa shape index (κ3) is 5.81. The third-order valence-electron chi connectivity index (χ3n) is 2.95. The van der Waals surface area contributed by atoms with Crippen molar-refractivity contribution < 1.29 is 22.3 Å². The molecular formula is C14H20FNO4S. The quantitative estimate of drug-likeness (QED) is 0.590. The van der Waals surface area contributed by atoms with Gasteiger partial charge >= 0.3 is 5.97 Å². The summed E-state index contributed by atoms with van der Waals surface area (Å²) < 4.78 is 40.7. The number of carbonyl (C=O) groups is 1. The summed E-state index contributed by atoms with van der Waals surface area (Å²) in [5.74, 6) is -1.68. The first kappa shape index (κ1) is 17.6. The van der Waals surface area contributed by atoms with Crippen LogP contribution in [0.2, 0.25) is 0 Å². The van der Waals surface area contributed by atoms with Gasteiger partial charge in [0.1, 0.15) is 10.7 Å². The fourth-order valence-corrected chi connectivity index (χ4v) is 2.43. The average molecular weight is 317 g/mol. The van der Waals surface area contributed by atoms with E-state index in [1.807, 2.05) is 0 Å². The van der Waals surface area contributed by atoms with E-state index in [0.29, 0.717) is 0 Å². The van der Waals surface area contributed by atoms with Crippen LogP contribution in [0, 0.1) is 5.82 Å². The van der Waals surface area contributed by atoms with Gasteiger partial charge in [-0.15, -0.1) is 0 Å². The Morgan fingerprint density at radius 1 is 1.24 bits per heavy atom. The normalized spacial score (nSPS) is 11.4. The Kier molecular flexibility index (Phi) is 6.77. The van der Waals surface area contributed by atoms with Gasteiger partial charge in [-0.25, -0.2) is 22.7 Å². The SMILES string of the molecule is CCCCCCCOC(=O)c1ccc(F)c(S(N)(=O)=O)c1. The Hall–Kier alpha value is -1.47. The molecule has 0 aliphatic carbocycles. The summed E-state index contributed by atoms with van der Waals surface area (Å²) >= 11 is 0. The maximum Gasteiger partial charge on any atom is 0.338 e. The number of primary sulfonamides is 1. The Morgan fingerprint density at radius 2 is 1.90 bits per heavy atom. The lowest BCUT2D eigenvalue weighted by Crippen LogP contribution is -2.15. The Bertz CT molecular complexity index is 587. The van der Waals surface area contributed by atoms with Crippen LogP contribution >= 0.6 is 0 Å². The monoisotopic (exact) mass is 317 g/mol. The smallest absolute Gasteiger partial charge is 0.338 e. The fourth-order valence-electron chi connectivity index (χ4n) is 1.80. The molecule has 0 atom stereocenters. The number of esters is 1.